The van der Waals surface area contributed by atoms with Gasteiger partial charge in [-0.05, 0) is 43.3 Å². The Morgan fingerprint density at radius 3 is 2.21 bits per heavy atom. The molecule has 0 spiro atoms. The summed E-state index contributed by atoms with van der Waals surface area (Å²) in [7, 11) is 0. The van der Waals surface area contributed by atoms with Gasteiger partial charge in [0.05, 0.1) is 17.2 Å². The van der Waals surface area contributed by atoms with Crippen LogP contribution < -0.4 is 10.6 Å². The fourth-order valence-corrected chi connectivity index (χ4v) is 2.48. The molecule has 0 unspecified atom stereocenters. The molecule has 1 amide bonds. The van der Waals surface area contributed by atoms with E-state index in [0.717, 1.165) is 24.3 Å². The molecule has 0 radical (unpaired) electrons. The van der Waals surface area contributed by atoms with E-state index in [-0.39, 0.29) is 22.9 Å². The van der Waals surface area contributed by atoms with Crippen molar-refractivity contribution in [2.45, 2.75) is 18.8 Å². The van der Waals surface area contributed by atoms with Gasteiger partial charge in [0.1, 0.15) is 5.82 Å². The Balaban J connectivity index is 2.52. The molecule has 2 aromatic rings. The number of amides is 1. The van der Waals surface area contributed by atoms with Crippen LogP contribution in [0.1, 0.15) is 17.3 Å². The average molecular weight is 419 g/mol. The van der Waals surface area contributed by atoms with Gasteiger partial charge in [-0.1, -0.05) is 23.7 Å². The standard InChI is InChI=1S/C18H15ClF4N2O3/c1-2-28-16(27)17(18(21,22)23,24-12-9-7-11(20)8-10-12)25-15(26)13-5-3-4-6-14(13)19/h3-10,24H,2H2,1H3,(H,25,26)/t17-/m0/s1. The van der Waals surface area contributed by atoms with Crippen molar-refractivity contribution in [3.05, 3.63) is 64.9 Å². The largest absolute Gasteiger partial charge is 0.463 e. The number of benzene rings is 2. The van der Waals surface area contributed by atoms with E-state index >= 15 is 0 Å². The lowest BCUT2D eigenvalue weighted by Crippen LogP contribution is -2.69. The predicted octanol–water partition coefficient (Wildman–Crippen LogP) is 4.14. The highest BCUT2D eigenvalue weighted by atomic mass is 35.5. The summed E-state index contributed by atoms with van der Waals surface area (Å²) in [4.78, 5) is 24.8. The van der Waals surface area contributed by atoms with Crippen molar-refractivity contribution in [1.82, 2.24) is 5.32 Å². The quantitative estimate of drug-likeness (QED) is 0.420. The van der Waals surface area contributed by atoms with Crippen molar-refractivity contribution in [2.24, 2.45) is 0 Å². The third-order valence-corrected chi connectivity index (χ3v) is 3.93. The molecule has 2 aromatic carbocycles. The number of anilines is 1. The van der Waals surface area contributed by atoms with Gasteiger partial charge in [0, 0.05) is 5.69 Å². The first-order chi connectivity index (χ1) is 13.1. The summed E-state index contributed by atoms with van der Waals surface area (Å²) < 4.78 is 59.7. The molecule has 5 nitrogen and oxygen atoms in total. The van der Waals surface area contributed by atoms with Crippen LogP contribution in [0.5, 0.6) is 0 Å². The molecule has 10 heteroatoms. The lowest BCUT2D eigenvalue weighted by atomic mass is 10.1. The third-order valence-electron chi connectivity index (χ3n) is 3.60. The maximum Gasteiger partial charge on any atom is 0.441 e. The van der Waals surface area contributed by atoms with E-state index < -0.39 is 29.5 Å². The zero-order valence-corrected chi connectivity index (χ0v) is 15.2. The summed E-state index contributed by atoms with van der Waals surface area (Å²) >= 11 is 5.86. The Bertz CT molecular complexity index is 859. The Hall–Kier alpha value is -2.81. The number of ether oxygens (including phenoxy) is 1. The van der Waals surface area contributed by atoms with Crippen LogP contribution in [-0.4, -0.2) is 30.3 Å². The minimum absolute atomic E-state index is 0.110. The van der Waals surface area contributed by atoms with Crippen molar-refractivity contribution in [2.75, 3.05) is 11.9 Å². The first-order valence-corrected chi connectivity index (χ1v) is 8.33. The average Bonchev–Trinajstić information content (AvgIpc) is 2.62. The summed E-state index contributed by atoms with van der Waals surface area (Å²) in [6.07, 6.45) is -5.31. The molecule has 0 saturated carbocycles. The Morgan fingerprint density at radius 2 is 1.68 bits per heavy atom. The predicted molar refractivity (Wildman–Crippen MR) is 94.4 cm³/mol. The van der Waals surface area contributed by atoms with E-state index in [1.54, 1.807) is 5.32 Å². The topological polar surface area (TPSA) is 67.4 Å². The number of rotatable bonds is 6. The van der Waals surface area contributed by atoms with E-state index in [0.29, 0.717) is 0 Å². The molecular weight excluding hydrogens is 404 g/mol. The third kappa shape index (κ3) is 4.53. The van der Waals surface area contributed by atoms with Crippen LogP contribution in [-0.2, 0) is 9.53 Å². The monoisotopic (exact) mass is 418 g/mol. The molecule has 2 N–H and O–H groups in total. The Kier molecular flexibility index (Phi) is 6.50. The molecule has 2 rings (SSSR count). The van der Waals surface area contributed by atoms with Crippen molar-refractivity contribution >= 4 is 29.2 Å². The van der Waals surface area contributed by atoms with Gasteiger partial charge in [-0.3, -0.25) is 4.79 Å². The number of esters is 1. The fourth-order valence-electron chi connectivity index (χ4n) is 2.26. The summed E-state index contributed by atoms with van der Waals surface area (Å²) in [5, 5.41) is 3.46. The molecule has 0 aromatic heterocycles. The highest BCUT2D eigenvalue weighted by molar-refractivity contribution is 6.33. The van der Waals surface area contributed by atoms with Crippen LogP contribution in [0.15, 0.2) is 48.5 Å². The van der Waals surface area contributed by atoms with Gasteiger partial charge >= 0.3 is 17.8 Å². The van der Waals surface area contributed by atoms with Crippen LogP contribution in [0.25, 0.3) is 0 Å². The zero-order chi connectivity index (χ0) is 20.9. The highest BCUT2D eigenvalue weighted by Crippen LogP contribution is 2.34. The SMILES string of the molecule is CCOC(=O)[C@@](NC(=O)c1ccccc1Cl)(Nc1ccc(F)cc1)C(F)(F)F. The number of alkyl halides is 3. The van der Waals surface area contributed by atoms with Gasteiger partial charge in [0.25, 0.3) is 5.91 Å². The molecule has 0 aliphatic heterocycles. The second kappa shape index (κ2) is 8.47. The molecule has 0 fully saturated rings. The van der Waals surface area contributed by atoms with Crippen molar-refractivity contribution in [1.29, 1.82) is 0 Å². The zero-order valence-electron chi connectivity index (χ0n) is 14.4. The van der Waals surface area contributed by atoms with E-state index in [9.17, 15) is 27.2 Å². The number of carbonyl (C=O) groups excluding carboxylic acids is 2. The van der Waals surface area contributed by atoms with Gasteiger partial charge in [0.15, 0.2) is 0 Å². The van der Waals surface area contributed by atoms with Gasteiger partial charge in [0.2, 0.25) is 0 Å². The summed E-state index contributed by atoms with van der Waals surface area (Å²) in [5.41, 5.74) is -4.17. The highest BCUT2D eigenvalue weighted by Gasteiger charge is 2.63. The summed E-state index contributed by atoms with van der Waals surface area (Å²) in [5.74, 6) is -3.74. The lowest BCUT2D eigenvalue weighted by molar-refractivity contribution is -0.204. The second-order valence-electron chi connectivity index (χ2n) is 5.53. The molecule has 0 aliphatic carbocycles. The number of nitrogens with one attached hydrogen (secondary N) is 2. The van der Waals surface area contributed by atoms with Gasteiger partial charge < -0.3 is 15.4 Å². The maximum atomic E-state index is 14.0. The minimum atomic E-state index is -5.31. The maximum absolute atomic E-state index is 14.0. The molecule has 28 heavy (non-hydrogen) atoms. The minimum Gasteiger partial charge on any atom is -0.463 e. The Morgan fingerprint density at radius 1 is 1.07 bits per heavy atom. The van der Waals surface area contributed by atoms with Gasteiger partial charge in [-0.2, -0.15) is 13.2 Å². The van der Waals surface area contributed by atoms with Crippen LogP contribution in [0.2, 0.25) is 5.02 Å². The summed E-state index contributed by atoms with van der Waals surface area (Å²) in [6, 6.07) is 9.14. The van der Waals surface area contributed by atoms with Crippen LogP contribution >= 0.6 is 11.6 Å². The molecule has 1 atom stereocenters. The van der Waals surface area contributed by atoms with Gasteiger partial charge in [-0.15, -0.1) is 0 Å². The van der Waals surface area contributed by atoms with Crippen LogP contribution in [0, 0.1) is 5.82 Å². The first-order valence-electron chi connectivity index (χ1n) is 7.95. The molecule has 0 saturated heterocycles. The number of hydrogen-bond acceptors (Lipinski definition) is 4. The lowest BCUT2D eigenvalue weighted by Gasteiger charge is -2.35. The summed E-state index contributed by atoms with van der Waals surface area (Å²) in [6.45, 7) is 0.941. The van der Waals surface area contributed by atoms with Crippen LogP contribution in [0.4, 0.5) is 23.2 Å². The van der Waals surface area contributed by atoms with Crippen LogP contribution in [0.3, 0.4) is 0 Å². The fraction of sp³-hybridized carbons (Fsp3) is 0.222. The molecule has 150 valence electrons. The molecule has 0 heterocycles. The van der Waals surface area contributed by atoms with E-state index in [1.807, 2.05) is 5.32 Å². The number of halogens is 5. The normalized spacial score (nSPS) is 13.4. The molecular formula is C18H15ClF4N2O3. The van der Waals surface area contributed by atoms with Gasteiger partial charge in [-0.25, -0.2) is 9.18 Å². The first kappa shape index (κ1) is 21.5. The van der Waals surface area contributed by atoms with Crippen molar-refractivity contribution in [3.8, 4) is 0 Å². The van der Waals surface area contributed by atoms with E-state index in [2.05, 4.69) is 4.74 Å². The van der Waals surface area contributed by atoms with E-state index in [1.165, 1.54) is 31.2 Å². The Labute approximate surface area is 162 Å². The molecule has 0 aliphatic rings. The smallest absolute Gasteiger partial charge is 0.441 e. The number of hydrogen-bond donors (Lipinski definition) is 2. The number of carbonyl (C=O) groups is 2. The van der Waals surface area contributed by atoms with Crippen molar-refractivity contribution in [3.63, 3.8) is 0 Å². The van der Waals surface area contributed by atoms with E-state index in [4.69, 9.17) is 11.6 Å². The second-order valence-corrected chi connectivity index (χ2v) is 5.94. The molecule has 0 bridgehead atoms. The van der Waals surface area contributed by atoms with Crippen molar-refractivity contribution < 1.29 is 31.9 Å².